The second kappa shape index (κ2) is 5.72. The Hall–Kier alpha value is -2.63. The van der Waals surface area contributed by atoms with E-state index in [2.05, 4.69) is 21.2 Å². The fraction of sp³-hybridized carbons (Fsp3) is 0.421. The van der Waals surface area contributed by atoms with Gasteiger partial charge in [-0.25, -0.2) is 0 Å². The Morgan fingerprint density at radius 2 is 2.16 bits per heavy atom. The van der Waals surface area contributed by atoms with Crippen LogP contribution in [0.15, 0.2) is 35.0 Å². The Bertz CT molecular complexity index is 891. The van der Waals surface area contributed by atoms with E-state index in [0.29, 0.717) is 24.1 Å². The highest BCUT2D eigenvalue weighted by Crippen LogP contribution is 2.40. The average molecular weight is 336 g/mol. The number of carbonyl (C=O) groups excluding carboxylic acids is 1. The van der Waals surface area contributed by atoms with E-state index in [1.165, 1.54) is 0 Å². The molecule has 0 unspecified atom stereocenters. The van der Waals surface area contributed by atoms with E-state index in [4.69, 9.17) is 4.52 Å². The number of pyridine rings is 1. The fourth-order valence-electron chi connectivity index (χ4n) is 3.72. The normalized spacial score (nSPS) is 21.0. The number of nitrogens with zero attached hydrogens (tertiary/aromatic N) is 3. The van der Waals surface area contributed by atoms with Gasteiger partial charge >= 0.3 is 0 Å². The van der Waals surface area contributed by atoms with E-state index in [1.54, 1.807) is 6.20 Å². The van der Waals surface area contributed by atoms with Gasteiger partial charge < -0.3 is 14.4 Å². The molecule has 1 saturated heterocycles. The lowest BCUT2D eigenvalue weighted by Crippen LogP contribution is -2.39. The summed E-state index contributed by atoms with van der Waals surface area (Å²) in [4.78, 5) is 22.5. The molecule has 25 heavy (non-hydrogen) atoms. The van der Waals surface area contributed by atoms with E-state index in [1.807, 2.05) is 23.1 Å². The molecule has 1 atom stereocenters. The molecular weight excluding hydrogens is 316 g/mol. The first-order valence-corrected chi connectivity index (χ1v) is 8.97. The van der Waals surface area contributed by atoms with Gasteiger partial charge in [-0.3, -0.25) is 9.78 Å². The van der Waals surface area contributed by atoms with Crippen LogP contribution in [0.5, 0.6) is 0 Å². The summed E-state index contributed by atoms with van der Waals surface area (Å²) in [5, 5.41) is 4.00. The van der Waals surface area contributed by atoms with Gasteiger partial charge in [0.1, 0.15) is 5.76 Å². The van der Waals surface area contributed by atoms with E-state index >= 15 is 0 Å². The monoisotopic (exact) mass is 336 g/mol. The van der Waals surface area contributed by atoms with Crippen LogP contribution in [-0.4, -0.2) is 39.0 Å². The Morgan fingerprint density at radius 3 is 3.00 bits per heavy atom. The van der Waals surface area contributed by atoms with Crippen molar-refractivity contribution in [3.8, 4) is 0 Å². The Morgan fingerprint density at radius 1 is 1.24 bits per heavy atom. The zero-order chi connectivity index (χ0) is 16.8. The van der Waals surface area contributed by atoms with Crippen molar-refractivity contribution >= 4 is 16.9 Å². The Balaban J connectivity index is 1.35. The lowest BCUT2D eigenvalue weighted by molar-refractivity contribution is 0.0695. The maximum atomic E-state index is 12.8. The van der Waals surface area contributed by atoms with E-state index < -0.39 is 0 Å². The molecule has 0 bridgehead atoms. The number of piperidine rings is 1. The van der Waals surface area contributed by atoms with Crippen LogP contribution in [0, 0.1) is 0 Å². The molecule has 2 fully saturated rings. The molecule has 3 aromatic rings. The van der Waals surface area contributed by atoms with Crippen LogP contribution in [0.3, 0.4) is 0 Å². The van der Waals surface area contributed by atoms with Crippen LogP contribution in [0.1, 0.15) is 59.5 Å². The maximum absolute atomic E-state index is 12.8. The van der Waals surface area contributed by atoms with Crippen LogP contribution in [-0.2, 0) is 0 Å². The first-order valence-electron chi connectivity index (χ1n) is 8.97. The summed E-state index contributed by atoms with van der Waals surface area (Å²) in [5.41, 5.74) is 3.63. The predicted molar refractivity (Wildman–Crippen MR) is 92.5 cm³/mol. The SMILES string of the molecule is O=C(c1cc(C2CC2)on1)N1CCC[C@H](c2cc3ncccc3[nH]2)C1. The van der Waals surface area contributed by atoms with Crippen molar-refractivity contribution in [2.75, 3.05) is 13.1 Å². The minimum atomic E-state index is -0.0189. The first kappa shape index (κ1) is 14.7. The predicted octanol–water partition coefficient (Wildman–Crippen LogP) is 3.45. The van der Waals surface area contributed by atoms with Gasteiger partial charge in [0, 0.05) is 42.9 Å². The van der Waals surface area contributed by atoms with Gasteiger partial charge in [0.05, 0.1) is 11.0 Å². The molecule has 1 aliphatic carbocycles. The van der Waals surface area contributed by atoms with Crippen molar-refractivity contribution in [3.63, 3.8) is 0 Å². The van der Waals surface area contributed by atoms with E-state index in [0.717, 1.165) is 54.7 Å². The second-order valence-corrected chi connectivity index (χ2v) is 7.14. The molecule has 0 aromatic carbocycles. The third-order valence-electron chi connectivity index (χ3n) is 5.29. The van der Waals surface area contributed by atoms with Crippen molar-refractivity contribution in [3.05, 3.63) is 47.6 Å². The second-order valence-electron chi connectivity index (χ2n) is 7.14. The minimum Gasteiger partial charge on any atom is -0.360 e. The van der Waals surface area contributed by atoms with Crippen LogP contribution >= 0.6 is 0 Å². The number of likely N-dealkylation sites (tertiary alicyclic amines) is 1. The summed E-state index contributed by atoms with van der Waals surface area (Å²) in [6.07, 6.45) is 6.15. The van der Waals surface area contributed by atoms with Crippen molar-refractivity contribution in [1.82, 2.24) is 20.0 Å². The fourth-order valence-corrected chi connectivity index (χ4v) is 3.72. The highest BCUT2D eigenvalue weighted by molar-refractivity contribution is 5.92. The van der Waals surface area contributed by atoms with Crippen LogP contribution in [0.2, 0.25) is 0 Å². The Kier molecular flexibility index (Phi) is 3.36. The number of nitrogens with one attached hydrogen (secondary N) is 1. The number of hydrogen-bond acceptors (Lipinski definition) is 4. The van der Waals surface area contributed by atoms with Gasteiger partial charge in [-0.05, 0) is 43.9 Å². The molecule has 0 radical (unpaired) electrons. The molecule has 6 heteroatoms. The van der Waals surface area contributed by atoms with Crippen molar-refractivity contribution < 1.29 is 9.32 Å². The van der Waals surface area contributed by atoms with Gasteiger partial charge in [0.2, 0.25) is 0 Å². The van der Waals surface area contributed by atoms with Crippen molar-refractivity contribution in [2.45, 2.75) is 37.5 Å². The molecule has 1 saturated carbocycles. The number of H-pyrrole nitrogens is 1. The summed E-state index contributed by atoms with van der Waals surface area (Å²) in [6.45, 7) is 1.48. The number of fused-ring (bicyclic) bond motifs is 1. The van der Waals surface area contributed by atoms with Crippen molar-refractivity contribution in [1.29, 1.82) is 0 Å². The van der Waals surface area contributed by atoms with Gasteiger partial charge in [-0.15, -0.1) is 0 Å². The molecule has 1 N–H and O–H groups in total. The molecule has 3 aromatic heterocycles. The standard InChI is InChI=1S/C19H20N4O2/c24-19(17-10-18(25-22-17)12-5-6-12)23-8-2-3-13(11-23)15-9-16-14(21-15)4-1-7-20-16/h1,4,7,9-10,12-13,21H,2-3,5-6,8,11H2/t13-/m0/s1. The summed E-state index contributed by atoms with van der Waals surface area (Å²) in [7, 11) is 0. The summed E-state index contributed by atoms with van der Waals surface area (Å²) in [6, 6.07) is 7.90. The first-order chi connectivity index (χ1) is 12.3. The molecule has 0 spiro atoms. The van der Waals surface area contributed by atoms with Gasteiger partial charge in [0.15, 0.2) is 5.69 Å². The summed E-state index contributed by atoms with van der Waals surface area (Å²) in [5.74, 6) is 1.62. The zero-order valence-corrected chi connectivity index (χ0v) is 13.9. The third kappa shape index (κ3) is 2.71. The van der Waals surface area contributed by atoms with E-state index in [9.17, 15) is 4.79 Å². The van der Waals surface area contributed by atoms with Crippen molar-refractivity contribution in [2.24, 2.45) is 0 Å². The zero-order valence-electron chi connectivity index (χ0n) is 13.9. The van der Waals surface area contributed by atoms with Gasteiger partial charge in [0.25, 0.3) is 5.91 Å². The molecule has 128 valence electrons. The molecule has 5 rings (SSSR count). The Labute approximate surface area is 145 Å². The minimum absolute atomic E-state index is 0.0189. The highest BCUT2D eigenvalue weighted by atomic mass is 16.5. The smallest absolute Gasteiger partial charge is 0.276 e. The average Bonchev–Trinajstić information content (AvgIpc) is 3.22. The topological polar surface area (TPSA) is 75.0 Å². The van der Waals surface area contributed by atoms with Crippen LogP contribution in [0.25, 0.3) is 11.0 Å². The molecule has 4 heterocycles. The van der Waals surface area contributed by atoms with E-state index in [-0.39, 0.29) is 5.91 Å². The highest BCUT2D eigenvalue weighted by Gasteiger charge is 2.31. The number of aromatic nitrogens is 3. The lowest BCUT2D eigenvalue weighted by atomic mass is 9.94. The molecule has 1 aliphatic heterocycles. The molecule has 1 amide bonds. The van der Waals surface area contributed by atoms with Crippen LogP contribution < -0.4 is 0 Å². The summed E-state index contributed by atoms with van der Waals surface area (Å²) >= 11 is 0. The number of aromatic amines is 1. The number of carbonyl (C=O) groups is 1. The third-order valence-corrected chi connectivity index (χ3v) is 5.29. The van der Waals surface area contributed by atoms with Crippen LogP contribution in [0.4, 0.5) is 0 Å². The molecule has 6 nitrogen and oxygen atoms in total. The quantitative estimate of drug-likeness (QED) is 0.795. The maximum Gasteiger partial charge on any atom is 0.276 e. The number of amides is 1. The number of rotatable bonds is 3. The van der Waals surface area contributed by atoms with Gasteiger partial charge in [-0.2, -0.15) is 0 Å². The largest absolute Gasteiger partial charge is 0.360 e. The molecule has 2 aliphatic rings. The summed E-state index contributed by atoms with van der Waals surface area (Å²) < 4.78 is 5.34. The molecular formula is C19H20N4O2. The van der Waals surface area contributed by atoms with Gasteiger partial charge in [-0.1, -0.05) is 5.16 Å². The lowest BCUT2D eigenvalue weighted by Gasteiger charge is -2.31. The number of hydrogen-bond donors (Lipinski definition) is 1.